The largest absolute Gasteiger partial charge is 0.479 e. The molecule has 16 heavy (non-hydrogen) atoms. The molecule has 0 aliphatic rings. The predicted molar refractivity (Wildman–Crippen MR) is 60.3 cm³/mol. The minimum absolute atomic E-state index is 0.230. The number of halogens is 1. The molecule has 86 valence electrons. The van der Waals surface area contributed by atoms with Crippen LogP contribution in [0.1, 0.15) is 24.9 Å². The molecule has 0 aliphatic heterocycles. The fourth-order valence-corrected chi connectivity index (χ4v) is 1.49. The Bertz CT molecular complexity index is 406. The molecule has 0 aromatic heterocycles. The number of amides is 1. The first-order chi connectivity index (χ1) is 7.56. The van der Waals surface area contributed by atoms with Crippen molar-refractivity contribution in [3.8, 4) is 0 Å². The molecular weight excluding hydrogens is 230 g/mol. The van der Waals surface area contributed by atoms with Gasteiger partial charge in [-0.15, -0.1) is 0 Å². The normalized spacial score (nSPS) is 11.9. The highest BCUT2D eigenvalue weighted by Crippen LogP contribution is 2.22. The number of carboxylic acid groups (broad SMARTS) is 1. The Morgan fingerprint density at radius 3 is 2.56 bits per heavy atom. The summed E-state index contributed by atoms with van der Waals surface area (Å²) in [5.41, 5.74) is 0.387. The van der Waals surface area contributed by atoms with Crippen LogP contribution in [0.2, 0.25) is 5.02 Å². The molecule has 1 unspecified atom stereocenters. The van der Waals surface area contributed by atoms with Crippen LogP contribution in [-0.2, 0) is 9.59 Å². The van der Waals surface area contributed by atoms with Gasteiger partial charge < -0.3 is 10.4 Å². The topological polar surface area (TPSA) is 66.4 Å². The third-order valence-electron chi connectivity index (χ3n) is 2.09. The monoisotopic (exact) mass is 241 g/mol. The number of rotatable bonds is 4. The van der Waals surface area contributed by atoms with Crippen LogP contribution in [0.25, 0.3) is 0 Å². The lowest BCUT2D eigenvalue weighted by Gasteiger charge is -2.15. The molecule has 0 radical (unpaired) electrons. The molecule has 1 aromatic carbocycles. The Labute approximate surface area is 98.2 Å². The highest BCUT2D eigenvalue weighted by molar-refractivity contribution is 6.31. The Hall–Kier alpha value is -1.55. The Morgan fingerprint density at radius 1 is 1.44 bits per heavy atom. The van der Waals surface area contributed by atoms with Gasteiger partial charge in [0.1, 0.15) is 0 Å². The highest BCUT2D eigenvalue weighted by atomic mass is 35.5. The Kier molecular flexibility index (Phi) is 4.31. The molecule has 1 rings (SSSR count). The zero-order valence-electron chi connectivity index (χ0n) is 8.74. The quantitative estimate of drug-likeness (QED) is 0.847. The molecule has 0 bridgehead atoms. The van der Waals surface area contributed by atoms with E-state index in [1.165, 1.54) is 0 Å². The molecule has 0 saturated heterocycles. The molecule has 0 saturated carbocycles. The number of benzene rings is 1. The Morgan fingerprint density at radius 2 is 2.06 bits per heavy atom. The fourth-order valence-electron chi connectivity index (χ4n) is 1.24. The molecule has 5 heteroatoms. The van der Waals surface area contributed by atoms with Crippen molar-refractivity contribution in [2.24, 2.45) is 0 Å². The van der Waals surface area contributed by atoms with Gasteiger partial charge in [0.2, 0.25) is 5.91 Å². The number of aliphatic carboxylic acids is 1. The van der Waals surface area contributed by atoms with Gasteiger partial charge in [-0.25, -0.2) is 4.79 Å². The standard InChI is InChI=1S/C11H12ClNO3/c1-2-9(14)13-10(11(15)16)7-5-3-4-6-8(7)12/h3-6,10H,2H2,1H3,(H,13,14)(H,15,16). The first kappa shape index (κ1) is 12.5. The number of hydrogen-bond acceptors (Lipinski definition) is 2. The van der Waals surface area contributed by atoms with Crippen molar-refractivity contribution < 1.29 is 14.7 Å². The van der Waals surface area contributed by atoms with Gasteiger partial charge in [0.15, 0.2) is 6.04 Å². The SMILES string of the molecule is CCC(=O)NC(C(=O)O)c1ccccc1Cl. The van der Waals surface area contributed by atoms with Gasteiger partial charge in [-0.3, -0.25) is 4.79 Å². The minimum Gasteiger partial charge on any atom is -0.479 e. The smallest absolute Gasteiger partial charge is 0.330 e. The second-order valence-corrected chi connectivity index (χ2v) is 3.62. The number of hydrogen-bond donors (Lipinski definition) is 2. The average molecular weight is 242 g/mol. The molecule has 0 spiro atoms. The summed E-state index contributed by atoms with van der Waals surface area (Å²) in [6.45, 7) is 1.65. The van der Waals surface area contributed by atoms with E-state index in [9.17, 15) is 9.59 Å². The molecule has 0 fully saturated rings. The number of carboxylic acids is 1. The van der Waals surface area contributed by atoms with Crippen molar-refractivity contribution in [3.63, 3.8) is 0 Å². The van der Waals surface area contributed by atoms with Crippen LogP contribution in [0, 0.1) is 0 Å². The number of nitrogens with one attached hydrogen (secondary N) is 1. The second kappa shape index (κ2) is 5.51. The summed E-state index contributed by atoms with van der Waals surface area (Å²) in [6, 6.07) is 5.45. The summed E-state index contributed by atoms with van der Waals surface area (Å²) in [7, 11) is 0. The lowest BCUT2D eigenvalue weighted by Crippen LogP contribution is -2.33. The van der Waals surface area contributed by atoms with E-state index in [1.807, 2.05) is 0 Å². The zero-order valence-corrected chi connectivity index (χ0v) is 9.49. The van der Waals surface area contributed by atoms with Gasteiger partial charge in [-0.05, 0) is 6.07 Å². The van der Waals surface area contributed by atoms with Gasteiger partial charge in [-0.2, -0.15) is 0 Å². The van der Waals surface area contributed by atoms with Crippen LogP contribution in [0.3, 0.4) is 0 Å². The second-order valence-electron chi connectivity index (χ2n) is 3.21. The van der Waals surface area contributed by atoms with E-state index >= 15 is 0 Å². The van der Waals surface area contributed by atoms with E-state index in [1.54, 1.807) is 31.2 Å². The van der Waals surface area contributed by atoms with Crippen molar-refractivity contribution in [2.45, 2.75) is 19.4 Å². The summed E-state index contributed by atoms with van der Waals surface area (Å²) < 4.78 is 0. The number of carbonyl (C=O) groups excluding carboxylic acids is 1. The summed E-state index contributed by atoms with van der Waals surface area (Å²) in [5, 5.41) is 11.7. The maximum absolute atomic E-state index is 11.2. The predicted octanol–water partition coefficient (Wildman–Crippen LogP) is 1.99. The van der Waals surface area contributed by atoms with E-state index in [2.05, 4.69) is 5.32 Å². The zero-order chi connectivity index (χ0) is 12.1. The third kappa shape index (κ3) is 2.97. The summed E-state index contributed by atoms with van der Waals surface area (Å²) in [5.74, 6) is -1.46. The van der Waals surface area contributed by atoms with Gasteiger partial charge >= 0.3 is 5.97 Å². The summed E-state index contributed by atoms with van der Waals surface area (Å²) >= 11 is 5.88. The van der Waals surface area contributed by atoms with E-state index < -0.39 is 12.0 Å². The maximum atomic E-state index is 11.2. The molecule has 1 aromatic rings. The molecular formula is C11H12ClNO3. The van der Waals surface area contributed by atoms with E-state index in [-0.39, 0.29) is 12.3 Å². The van der Waals surface area contributed by atoms with Crippen LogP contribution >= 0.6 is 11.6 Å². The van der Waals surface area contributed by atoms with Gasteiger partial charge in [0.05, 0.1) is 0 Å². The maximum Gasteiger partial charge on any atom is 0.330 e. The molecule has 2 N–H and O–H groups in total. The van der Waals surface area contributed by atoms with Gasteiger partial charge in [0, 0.05) is 17.0 Å². The first-order valence-electron chi connectivity index (χ1n) is 4.82. The van der Waals surface area contributed by atoms with Gasteiger partial charge in [0.25, 0.3) is 0 Å². The van der Waals surface area contributed by atoms with E-state index in [4.69, 9.17) is 16.7 Å². The third-order valence-corrected chi connectivity index (χ3v) is 2.43. The van der Waals surface area contributed by atoms with E-state index in [0.29, 0.717) is 10.6 Å². The molecule has 4 nitrogen and oxygen atoms in total. The van der Waals surface area contributed by atoms with Crippen LogP contribution in [0.4, 0.5) is 0 Å². The highest BCUT2D eigenvalue weighted by Gasteiger charge is 2.23. The molecule has 1 amide bonds. The van der Waals surface area contributed by atoms with Crippen molar-refractivity contribution >= 4 is 23.5 Å². The van der Waals surface area contributed by atoms with Crippen LogP contribution in [0.5, 0.6) is 0 Å². The Balaban J connectivity index is 2.99. The summed E-state index contributed by atoms with van der Waals surface area (Å²) in [4.78, 5) is 22.2. The summed E-state index contributed by atoms with van der Waals surface area (Å²) in [6.07, 6.45) is 0.230. The molecule has 1 atom stereocenters. The van der Waals surface area contributed by atoms with Crippen molar-refractivity contribution in [2.75, 3.05) is 0 Å². The van der Waals surface area contributed by atoms with Gasteiger partial charge in [-0.1, -0.05) is 36.7 Å². The van der Waals surface area contributed by atoms with Crippen LogP contribution < -0.4 is 5.32 Å². The molecule has 0 heterocycles. The van der Waals surface area contributed by atoms with Crippen molar-refractivity contribution in [3.05, 3.63) is 34.9 Å². The molecule has 0 aliphatic carbocycles. The van der Waals surface area contributed by atoms with Crippen LogP contribution in [0.15, 0.2) is 24.3 Å². The lowest BCUT2D eigenvalue weighted by molar-refractivity contribution is -0.142. The van der Waals surface area contributed by atoms with E-state index in [0.717, 1.165) is 0 Å². The number of carbonyl (C=O) groups is 2. The fraction of sp³-hybridized carbons (Fsp3) is 0.273. The average Bonchev–Trinajstić information content (AvgIpc) is 2.26. The van der Waals surface area contributed by atoms with Crippen molar-refractivity contribution in [1.82, 2.24) is 5.32 Å². The van der Waals surface area contributed by atoms with Crippen molar-refractivity contribution in [1.29, 1.82) is 0 Å². The minimum atomic E-state index is -1.13. The van der Waals surface area contributed by atoms with Crippen LogP contribution in [-0.4, -0.2) is 17.0 Å². The lowest BCUT2D eigenvalue weighted by atomic mass is 10.1. The first-order valence-corrected chi connectivity index (χ1v) is 5.20.